The van der Waals surface area contributed by atoms with Crippen LogP contribution in [0.3, 0.4) is 0 Å². The monoisotopic (exact) mass is 200 g/mol. The Balaban J connectivity index is 2.12. The summed E-state index contributed by atoms with van der Waals surface area (Å²) in [6.07, 6.45) is 4.42. The van der Waals surface area contributed by atoms with Gasteiger partial charge in [-0.3, -0.25) is 4.98 Å². The molecule has 0 radical (unpaired) electrons. The van der Waals surface area contributed by atoms with Gasteiger partial charge in [0.1, 0.15) is 5.03 Å². The zero-order chi connectivity index (χ0) is 9.38. The first-order valence-electron chi connectivity index (χ1n) is 4.49. The normalized spacial score (nSPS) is 13.1. The molecule has 0 unspecified atom stereocenters. The van der Waals surface area contributed by atoms with Crippen molar-refractivity contribution >= 4 is 11.8 Å². The first-order valence-corrected chi connectivity index (χ1v) is 5.31. The highest BCUT2D eigenvalue weighted by atomic mass is 32.2. The van der Waals surface area contributed by atoms with E-state index in [-0.39, 0.29) is 0 Å². The number of aromatic nitrogens is 2. The Morgan fingerprint density at radius 3 is 2.93 bits per heavy atom. The molecule has 2 heterocycles. The summed E-state index contributed by atoms with van der Waals surface area (Å²) in [6.45, 7) is 0. The fraction of sp³-hybridized carbons (Fsp3) is 0.0909. The van der Waals surface area contributed by atoms with E-state index in [2.05, 4.69) is 34.2 Å². The molecule has 1 aliphatic rings. The van der Waals surface area contributed by atoms with Crippen LogP contribution in [-0.2, 0) is 6.42 Å². The van der Waals surface area contributed by atoms with Gasteiger partial charge in [-0.2, -0.15) is 0 Å². The van der Waals surface area contributed by atoms with E-state index in [1.165, 1.54) is 10.5 Å². The molecular weight excluding hydrogens is 192 g/mol. The molecule has 14 heavy (non-hydrogen) atoms. The minimum atomic E-state index is 0.909. The van der Waals surface area contributed by atoms with Crippen LogP contribution < -0.4 is 0 Å². The molecule has 68 valence electrons. The summed E-state index contributed by atoms with van der Waals surface area (Å²) < 4.78 is 0. The predicted molar refractivity (Wildman–Crippen MR) is 55.4 cm³/mol. The van der Waals surface area contributed by atoms with Crippen LogP contribution in [0.5, 0.6) is 0 Å². The molecule has 0 N–H and O–H groups in total. The molecule has 0 saturated heterocycles. The maximum atomic E-state index is 4.33. The molecule has 2 nitrogen and oxygen atoms in total. The molecule has 0 saturated carbocycles. The Morgan fingerprint density at radius 1 is 1.07 bits per heavy atom. The van der Waals surface area contributed by atoms with Gasteiger partial charge < -0.3 is 0 Å². The number of fused-ring (bicyclic) bond motifs is 2. The fourth-order valence-corrected chi connectivity index (χ4v) is 2.58. The van der Waals surface area contributed by atoms with Crippen molar-refractivity contribution < 1.29 is 0 Å². The van der Waals surface area contributed by atoms with Gasteiger partial charge in [-0.15, -0.1) is 0 Å². The second kappa shape index (κ2) is 3.10. The average Bonchev–Trinajstić information content (AvgIpc) is 2.26. The Morgan fingerprint density at radius 2 is 1.93 bits per heavy atom. The van der Waals surface area contributed by atoms with Crippen LogP contribution in [0.2, 0.25) is 0 Å². The number of hydrogen-bond donors (Lipinski definition) is 0. The number of nitrogens with zero attached hydrogens (tertiary/aromatic N) is 2. The molecule has 1 aromatic carbocycles. The van der Waals surface area contributed by atoms with Gasteiger partial charge in [0.25, 0.3) is 0 Å². The topological polar surface area (TPSA) is 25.8 Å². The van der Waals surface area contributed by atoms with Crippen molar-refractivity contribution in [2.75, 3.05) is 0 Å². The molecule has 1 aliphatic heterocycles. The molecule has 0 atom stereocenters. The largest absolute Gasteiger partial charge is 0.257 e. The zero-order valence-electron chi connectivity index (χ0n) is 7.47. The Kier molecular flexibility index (Phi) is 1.77. The highest BCUT2D eigenvalue weighted by molar-refractivity contribution is 7.99. The van der Waals surface area contributed by atoms with Crippen molar-refractivity contribution in [3.05, 3.63) is 47.9 Å². The van der Waals surface area contributed by atoms with Gasteiger partial charge >= 0.3 is 0 Å². The molecule has 0 aliphatic carbocycles. The maximum absolute atomic E-state index is 4.33. The highest BCUT2D eigenvalue weighted by Crippen LogP contribution is 2.36. The SMILES string of the molecule is c1ccc2c(c1)Cc1nccnc1S2. The molecule has 0 fully saturated rings. The van der Waals surface area contributed by atoms with Crippen molar-refractivity contribution in [2.45, 2.75) is 16.3 Å². The Bertz CT molecular complexity index is 395. The molecule has 0 amide bonds. The maximum Gasteiger partial charge on any atom is 0.123 e. The molecule has 0 spiro atoms. The van der Waals surface area contributed by atoms with E-state index in [1.54, 1.807) is 24.2 Å². The van der Waals surface area contributed by atoms with Gasteiger partial charge in [-0.1, -0.05) is 30.0 Å². The fourth-order valence-electron chi connectivity index (χ4n) is 1.59. The summed E-state index contributed by atoms with van der Waals surface area (Å²) in [7, 11) is 0. The molecule has 2 aromatic rings. The smallest absolute Gasteiger partial charge is 0.123 e. The molecular formula is C11H8N2S. The van der Waals surface area contributed by atoms with Crippen LogP contribution in [0.25, 0.3) is 0 Å². The molecule has 3 heteroatoms. The lowest BCUT2D eigenvalue weighted by atomic mass is 10.1. The van der Waals surface area contributed by atoms with Gasteiger partial charge in [-0.05, 0) is 11.6 Å². The van der Waals surface area contributed by atoms with Crippen LogP contribution in [0.1, 0.15) is 11.3 Å². The van der Waals surface area contributed by atoms with Crippen molar-refractivity contribution in [3.8, 4) is 0 Å². The molecule has 3 rings (SSSR count). The zero-order valence-corrected chi connectivity index (χ0v) is 8.29. The van der Waals surface area contributed by atoms with Gasteiger partial charge in [0, 0.05) is 23.7 Å². The van der Waals surface area contributed by atoms with E-state index in [0.717, 1.165) is 17.1 Å². The first-order chi connectivity index (χ1) is 6.93. The summed E-state index contributed by atoms with van der Waals surface area (Å²) in [5.74, 6) is 0. The summed E-state index contributed by atoms with van der Waals surface area (Å²) in [5.41, 5.74) is 2.45. The van der Waals surface area contributed by atoms with Crippen LogP contribution in [-0.4, -0.2) is 9.97 Å². The van der Waals surface area contributed by atoms with E-state index < -0.39 is 0 Å². The second-order valence-electron chi connectivity index (χ2n) is 3.19. The minimum Gasteiger partial charge on any atom is -0.257 e. The second-order valence-corrected chi connectivity index (χ2v) is 4.23. The molecule has 0 bridgehead atoms. The lowest BCUT2D eigenvalue weighted by Gasteiger charge is -2.15. The third-order valence-electron chi connectivity index (χ3n) is 2.27. The lowest BCUT2D eigenvalue weighted by Crippen LogP contribution is -2.02. The molecule has 1 aromatic heterocycles. The summed E-state index contributed by atoms with van der Waals surface area (Å²) >= 11 is 1.71. The predicted octanol–water partition coefficient (Wildman–Crippen LogP) is 2.53. The van der Waals surface area contributed by atoms with Crippen molar-refractivity contribution in [2.24, 2.45) is 0 Å². The van der Waals surface area contributed by atoms with Gasteiger partial charge in [-0.25, -0.2) is 4.98 Å². The van der Waals surface area contributed by atoms with Gasteiger partial charge in [0.05, 0.1) is 5.69 Å². The van der Waals surface area contributed by atoms with Crippen LogP contribution >= 0.6 is 11.8 Å². The van der Waals surface area contributed by atoms with Gasteiger partial charge in [0.15, 0.2) is 0 Å². The van der Waals surface area contributed by atoms with E-state index in [0.29, 0.717) is 0 Å². The van der Waals surface area contributed by atoms with Crippen molar-refractivity contribution in [1.29, 1.82) is 0 Å². The quantitative estimate of drug-likeness (QED) is 0.557. The third kappa shape index (κ3) is 1.21. The Labute approximate surface area is 86.4 Å². The Hall–Kier alpha value is -1.35. The number of rotatable bonds is 0. The first kappa shape index (κ1) is 8.00. The van der Waals surface area contributed by atoms with Crippen LogP contribution in [0.4, 0.5) is 0 Å². The minimum absolute atomic E-state index is 0.909. The summed E-state index contributed by atoms with van der Waals surface area (Å²) in [4.78, 5) is 9.96. The average molecular weight is 200 g/mol. The lowest BCUT2D eigenvalue weighted by molar-refractivity contribution is 0.901. The number of hydrogen-bond acceptors (Lipinski definition) is 3. The van der Waals surface area contributed by atoms with E-state index in [9.17, 15) is 0 Å². The summed E-state index contributed by atoms with van der Waals surface area (Å²) in [5, 5.41) is 1.05. The van der Waals surface area contributed by atoms with Crippen LogP contribution in [0, 0.1) is 0 Å². The van der Waals surface area contributed by atoms with E-state index >= 15 is 0 Å². The van der Waals surface area contributed by atoms with Crippen LogP contribution in [0.15, 0.2) is 46.6 Å². The standard InChI is InChI=1S/C11H8N2S/c1-2-4-10-8(3-1)7-9-11(14-10)13-6-5-12-9/h1-6H,7H2. The van der Waals surface area contributed by atoms with E-state index in [4.69, 9.17) is 0 Å². The van der Waals surface area contributed by atoms with E-state index in [1.807, 2.05) is 0 Å². The summed E-state index contributed by atoms with van der Waals surface area (Å²) in [6, 6.07) is 8.42. The number of benzene rings is 1. The highest BCUT2D eigenvalue weighted by Gasteiger charge is 2.16. The third-order valence-corrected chi connectivity index (χ3v) is 3.43. The van der Waals surface area contributed by atoms with Crippen molar-refractivity contribution in [3.63, 3.8) is 0 Å². The van der Waals surface area contributed by atoms with Gasteiger partial charge in [0.2, 0.25) is 0 Å². The van der Waals surface area contributed by atoms with Crippen molar-refractivity contribution in [1.82, 2.24) is 9.97 Å².